The zero-order valence-corrected chi connectivity index (χ0v) is 46.6. The van der Waals surface area contributed by atoms with Crippen LogP contribution in [0.2, 0.25) is 0 Å². The Kier molecular flexibility index (Phi) is 18.3. The standard InChI is InChI=1S/C61H66N10O12/c1-35(2)55(62)57(73)69-48(8-6-21-64-60(63)76)56(72)67-41-15-9-36(10-16-41)34-83-61(77)68-42-17-11-37(12-18-42)39-24-43-30-65-49-28-53(51(79-4)26-46(49)58(74)70(43)32-39)81-22-7-23-82-54-29-50-47(27-52(54)80-5)59(75)71-33-40(25-44(71)31-66-50)38-13-19-45(78-3)20-14-38/h9-20,26-33,35,43-44,48,55H,6-8,21-25,34,62H2,1-5H3,(H,67,72)(H,68,77)(H,69,73)(H3,63,64,76)/t43-,44-,48-,55-/m0/s1. The Bertz CT molecular complexity index is 3380. The summed E-state index contributed by atoms with van der Waals surface area (Å²) in [5.74, 6) is 0.852. The van der Waals surface area contributed by atoms with Gasteiger partial charge in [0.05, 0.1) is 75.2 Å². The van der Waals surface area contributed by atoms with E-state index in [2.05, 4.69) is 21.3 Å². The van der Waals surface area contributed by atoms with E-state index in [-0.39, 0.29) is 62.6 Å². The number of rotatable bonds is 23. The molecular weight excluding hydrogens is 1060 g/mol. The van der Waals surface area contributed by atoms with Crippen molar-refractivity contribution in [1.82, 2.24) is 20.4 Å². The molecule has 4 heterocycles. The van der Waals surface area contributed by atoms with E-state index in [0.717, 1.165) is 28.0 Å². The zero-order valence-electron chi connectivity index (χ0n) is 46.6. The van der Waals surface area contributed by atoms with Gasteiger partial charge in [-0.3, -0.25) is 34.5 Å². The molecule has 0 aliphatic carbocycles. The van der Waals surface area contributed by atoms with Crippen LogP contribution in [-0.2, 0) is 20.9 Å². The van der Waals surface area contributed by atoms with E-state index in [1.165, 1.54) is 14.2 Å². The third kappa shape index (κ3) is 13.9. The fourth-order valence-corrected chi connectivity index (χ4v) is 9.71. The van der Waals surface area contributed by atoms with Gasteiger partial charge in [0, 0.05) is 74.1 Å². The number of nitrogens with zero attached hydrogens (tertiary/aromatic N) is 4. The summed E-state index contributed by atoms with van der Waals surface area (Å²) in [4.78, 5) is 90.6. The third-order valence-electron chi connectivity index (χ3n) is 14.4. The van der Waals surface area contributed by atoms with Crippen LogP contribution < -0.4 is 56.4 Å². The Balaban J connectivity index is 0.739. The molecule has 0 aromatic heterocycles. The molecule has 5 aromatic rings. The predicted octanol–water partition coefficient (Wildman–Crippen LogP) is 8.11. The maximum Gasteiger partial charge on any atom is 0.411 e. The second-order valence-electron chi connectivity index (χ2n) is 20.4. The lowest BCUT2D eigenvalue weighted by molar-refractivity contribution is -0.128. The summed E-state index contributed by atoms with van der Waals surface area (Å²) in [5, 5.41) is 10.7. The minimum absolute atomic E-state index is 0.0565. The number of nitrogens with one attached hydrogen (secondary N) is 4. The molecule has 0 saturated carbocycles. The number of urea groups is 1. The Hall–Kier alpha value is -9.70. The number of anilines is 2. The van der Waals surface area contributed by atoms with Crippen LogP contribution in [-0.4, -0.2) is 123 Å². The highest BCUT2D eigenvalue weighted by Gasteiger charge is 2.35. The predicted molar refractivity (Wildman–Crippen MR) is 313 cm³/mol. The highest BCUT2D eigenvalue weighted by atomic mass is 16.5. The van der Waals surface area contributed by atoms with Gasteiger partial charge in [0.2, 0.25) is 11.8 Å². The molecular formula is C61H66N10O12. The fourth-order valence-electron chi connectivity index (χ4n) is 9.71. The van der Waals surface area contributed by atoms with Crippen molar-refractivity contribution in [3.05, 3.63) is 137 Å². The van der Waals surface area contributed by atoms with Crippen LogP contribution in [0.4, 0.5) is 32.3 Å². The lowest BCUT2D eigenvalue weighted by Crippen LogP contribution is -2.51. The van der Waals surface area contributed by atoms with Crippen molar-refractivity contribution in [2.45, 2.75) is 76.7 Å². The molecule has 83 heavy (non-hydrogen) atoms. The summed E-state index contributed by atoms with van der Waals surface area (Å²) in [7, 11) is 4.65. The van der Waals surface area contributed by atoms with E-state index >= 15 is 0 Å². The van der Waals surface area contributed by atoms with Gasteiger partial charge in [0.1, 0.15) is 18.4 Å². The van der Waals surface area contributed by atoms with Gasteiger partial charge in [-0.1, -0.05) is 50.2 Å². The number of methoxy groups -OCH3 is 3. The van der Waals surface area contributed by atoms with Gasteiger partial charge in [-0.25, -0.2) is 9.59 Å². The minimum Gasteiger partial charge on any atom is -0.497 e. The molecule has 0 spiro atoms. The van der Waals surface area contributed by atoms with Crippen LogP contribution >= 0.6 is 0 Å². The number of ether oxygens (including phenoxy) is 6. The smallest absolute Gasteiger partial charge is 0.411 e. The second-order valence-corrected chi connectivity index (χ2v) is 20.4. The van der Waals surface area contributed by atoms with Crippen molar-refractivity contribution >= 4 is 82.1 Å². The first-order valence-corrected chi connectivity index (χ1v) is 27.1. The van der Waals surface area contributed by atoms with Crippen LogP contribution in [0.1, 0.15) is 83.4 Å². The molecule has 432 valence electrons. The van der Waals surface area contributed by atoms with E-state index in [9.17, 15) is 28.8 Å². The molecule has 0 radical (unpaired) electrons. The van der Waals surface area contributed by atoms with E-state index < -0.39 is 36.0 Å². The summed E-state index contributed by atoms with van der Waals surface area (Å²) in [5.41, 5.74) is 18.2. The monoisotopic (exact) mass is 1130 g/mol. The average Bonchev–Trinajstić information content (AvgIpc) is 3.83. The molecule has 9 rings (SSSR count). The van der Waals surface area contributed by atoms with Crippen molar-refractivity contribution in [3.63, 3.8) is 0 Å². The van der Waals surface area contributed by atoms with Gasteiger partial charge < -0.3 is 65.6 Å². The number of nitrogens with two attached hydrogens (primary N) is 2. The van der Waals surface area contributed by atoms with Crippen LogP contribution in [0.5, 0.6) is 28.7 Å². The quantitative estimate of drug-likeness (QED) is 0.0338. The molecule has 22 heteroatoms. The summed E-state index contributed by atoms with van der Waals surface area (Å²) >= 11 is 0. The SMILES string of the molecule is COc1ccc(C2=CN3C(=O)c4cc(OC)c(OCCCOc5cc6c(cc5OC)C(=O)N5C=C(c7ccc(NC(=O)OCc8ccc(NC(=O)[C@H](CCCNC(N)=O)NC(=O)[C@@H](N)C(C)C)cc8)cc7)C[C@H]5C=N6)cc4N=C[C@@H]3C2)cc1. The van der Waals surface area contributed by atoms with E-state index in [1.54, 1.807) is 104 Å². The van der Waals surface area contributed by atoms with Gasteiger partial charge in [0.25, 0.3) is 11.8 Å². The lowest BCUT2D eigenvalue weighted by atomic mass is 10.0. The number of hydrogen-bond donors (Lipinski definition) is 6. The Morgan fingerprint density at radius 1 is 0.651 bits per heavy atom. The Morgan fingerprint density at radius 3 is 1.67 bits per heavy atom. The van der Waals surface area contributed by atoms with E-state index in [0.29, 0.717) is 88.1 Å². The normalized spacial score (nSPS) is 16.4. The van der Waals surface area contributed by atoms with Gasteiger partial charge in [-0.05, 0) is 95.1 Å². The van der Waals surface area contributed by atoms with Gasteiger partial charge in [-0.2, -0.15) is 0 Å². The Morgan fingerprint density at radius 2 is 1.17 bits per heavy atom. The largest absolute Gasteiger partial charge is 0.497 e. The first kappa shape index (κ1) is 58.0. The molecule has 7 amide bonds. The number of primary amides is 1. The molecule has 0 fully saturated rings. The topological polar surface area (TPSA) is 289 Å². The number of carbonyl (C=O) groups is 6. The molecule has 0 unspecified atom stereocenters. The first-order chi connectivity index (χ1) is 40.1. The van der Waals surface area contributed by atoms with Crippen molar-refractivity contribution in [3.8, 4) is 28.7 Å². The number of aliphatic imine (C=N–C) groups is 2. The van der Waals surface area contributed by atoms with Crippen LogP contribution in [0.3, 0.4) is 0 Å². The van der Waals surface area contributed by atoms with Crippen molar-refractivity contribution in [1.29, 1.82) is 0 Å². The highest BCUT2D eigenvalue weighted by Crippen LogP contribution is 2.42. The highest BCUT2D eigenvalue weighted by molar-refractivity contribution is 6.07. The second kappa shape index (κ2) is 26.3. The molecule has 8 N–H and O–H groups in total. The number of hydrogen-bond acceptors (Lipinski definition) is 15. The van der Waals surface area contributed by atoms with Gasteiger partial charge in [-0.15, -0.1) is 0 Å². The maximum atomic E-state index is 14.1. The molecule has 0 saturated heterocycles. The van der Waals surface area contributed by atoms with Crippen molar-refractivity contribution < 1.29 is 57.2 Å². The molecule has 4 aliphatic rings. The zero-order chi connectivity index (χ0) is 58.7. The molecule has 22 nitrogen and oxygen atoms in total. The average molecular weight is 1130 g/mol. The van der Waals surface area contributed by atoms with Crippen LogP contribution in [0, 0.1) is 5.92 Å². The van der Waals surface area contributed by atoms with Crippen LogP contribution in [0.15, 0.2) is 119 Å². The van der Waals surface area contributed by atoms with Crippen LogP contribution in [0.25, 0.3) is 11.1 Å². The summed E-state index contributed by atoms with van der Waals surface area (Å²) < 4.78 is 34.5. The molecule has 4 aliphatic heterocycles. The van der Waals surface area contributed by atoms with Gasteiger partial charge >= 0.3 is 12.1 Å². The lowest BCUT2D eigenvalue weighted by Gasteiger charge is -2.22. The third-order valence-corrected chi connectivity index (χ3v) is 14.4. The van der Waals surface area contributed by atoms with E-state index in [4.69, 9.17) is 49.9 Å². The number of fused-ring (bicyclic) bond motifs is 4. The summed E-state index contributed by atoms with van der Waals surface area (Å²) in [6, 6.07) is 25.3. The number of carbonyl (C=O) groups excluding carboxylic acids is 6. The molecule has 0 bridgehead atoms. The number of benzene rings is 5. The van der Waals surface area contributed by atoms with E-state index in [1.807, 2.05) is 48.8 Å². The summed E-state index contributed by atoms with van der Waals surface area (Å²) in [6.45, 7) is 4.27. The Labute approximate surface area is 479 Å². The maximum absolute atomic E-state index is 14.1. The van der Waals surface area contributed by atoms with Crippen molar-refractivity contribution in [2.24, 2.45) is 27.4 Å². The first-order valence-electron chi connectivity index (χ1n) is 27.1. The fraction of sp³-hybridized carbons (Fsp3) is 0.311. The van der Waals surface area contributed by atoms with Crippen molar-refractivity contribution in [2.75, 3.05) is 51.7 Å². The summed E-state index contributed by atoms with van der Waals surface area (Å²) in [6.07, 6.45) is 8.74. The molecule has 4 atom stereocenters. The van der Waals surface area contributed by atoms with Gasteiger partial charge in [0.15, 0.2) is 23.0 Å². The molecule has 5 aromatic carbocycles. The minimum atomic E-state index is -0.922. The number of amides is 7.